The lowest BCUT2D eigenvalue weighted by Crippen LogP contribution is -2.36. The van der Waals surface area contributed by atoms with Crippen molar-refractivity contribution < 1.29 is 13.2 Å². The van der Waals surface area contributed by atoms with Crippen LogP contribution in [0.4, 0.5) is 13.2 Å². The van der Waals surface area contributed by atoms with Gasteiger partial charge >= 0.3 is 6.18 Å². The van der Waals surface area contributed by atoms with E-state index in [1.165, 1.54) is 11.1 Å². The molecule has 2 aromatic rings. The van der Waals surface area contributed by atoms with Crippen LogP contribution in [-0.2, 0) is 19.3 Å². The lowest BCUT2D eigenvalue weighted by Gasteiger charge is -2.32. The SMILES string of the molecule is Cc1cccc(CN2CCC(Cn3nc(C(F)(F)F)ccc3=O)CC2)c1. The molecule has 1 aromatic heterocycles. The van der Waals surface area contributed by atoms with Crippen molar-refractivity contribution in [2.45, 2.75) is 39.0 Å². The Morgan fingerprint density at radius 1 is 1.15 bits per heavy atom. The highest BCUT2D eigenvalue weighted by atomic mass is 19.4. The molecule has 4 nitrogen and oxygen atoms in total. The molecule has 0 unspecified atom stereocenters. The summed E-state index contributed by atoms with van der Waals surface area (Å²) < 4.78 is 39.3. The van der Waals surface area contributed by atoms with Gasteiger partial charge in [-0.1, -0.05) is 29.8 Å². The van der Waals surface area contributed by atoms with Gasteiger partial charge in [0.2, 0.25) is 0 Å². The number of nitrogens with zero attached hydrogens (tertiary/aromatic N) is 3. The monoisotopic (exact) mass is 365 g/mol. The number of hydrogen-bond donors (Lipinski definition) is 0. The van der Waals surface area contributed by atoms with Gasteiger partial charge in [-0.25, -0.2) is 4.68 Å². The zero-order chi connectivity index (χ0) is 18.7. The number of halogens is 3. The van der Waals surface area contributed by atoms with E-state index in [1.54, 1.807) is 0 Å². The van der Waals surface area contributed by atoms with Crippen LogP contribution < -0.4 is 5.56 Å². The number of aryl methyl sites for hydroxylation is 1. The van der Waals surface area contributed by atoms with Crippen molar-refractivity contribution in [1.29, 1.82) is 0 Å². The minimum absolute atomic E-state index is 0.164. The van der Waals surface area contributed by atoms with Gasteiger partial charge < -0.3 is 0 Å². The van der Waals surface area contributed by atoms with Gasteiger partial charge in [-0.05, 0) is 50.4 Å². The van der Waals surface area contributed by atoms with E-state index in [2.05, 4.69) is 35.1 Å². The van der Waals surface area contributed by atoms with E-state index in [0.29, 0.717) is 0 Å². The molecule has 0 N–H and O–H groups in total. The predicted molar refractivity (Wildman–Crippen MR) is 92.7 cm³/mol. The molecule has 0 spiro atoms. The van der Waals surface area contributed by atoms with Gasteiger partial charge in [-0.2, -0.15) is 18.3 Å². The average molecular weight is 365 g/mol. The molecular weight excluding hydrogens is 343 g/mol. The fourth-order valence-electron chi connectivity index (χ4n) is 3.37. The van der Waals surface area contributed by atoms with Crippen molar-refractivity contribution in [1.82, 2.24) is 14.7 Å². The summed E-state index contributed by atoms with van der Waals surface area (Å²) in [5.41, 5.74) is 0.987. The van der Waals surface area contributed by atoms with E-state index in [4.69, 9.17) is 0 Å². The molecule has 3 rings (SSSR count). The first-order valence-electron chi connectivity index (χ1n) is 8.74. The van der Waals surface area contributed by atoms with Gasteiger partial charge in [0.1, 0.15) is 0 Å². The van der Waals surface area contributed by atoms with E-state index in [9.17, 15) is 18.0 Å². The van der Waals surface area contributed by atoms with Crippen LogP contribution in [0, 0.1) is 12.8 Å². The van der Waals surface area contributed by atoms with Crippen molar-refractivity contribution in [3.8, 4) is 0 Å². The fraction of sp³-hybridized carbons (Fsp3) is 0.474. The van der Waals surface area contributed by atoms with Gasteiger partial charge in [0.05, 0.1) is 0 Å². The molecule has 0 atom stereocenters. The molecule has 140 valence electrons. The number of alkyl halides is 3. The summed E-state index contributed by atoms with van der Waals surface area (Å²) in [4.78, 5) is 14.2. The quantitative estimate of drug-likeness (QED) is 0.833. The molecule has 7 heteroatoms. The normalized spacial score (nSPS) is 16.8. The highest BCUT2D eigenvalue weighted by Gasteiger charge is 2.33. The van der Waals surface area contributed by atoms with E-state index in [-0.39, 0.29) is 12.5 Å². The molecule has 26 heavy (non-hydrogen) atoms. The molecule has 1 saturated heterocycles. The van der Waals surface area contributed by atoms with Gasteiger partial charge in [-0.3, -0.25) is 9.69 Å². The molecule has 0 radical (unpaired) electrons. The average Bonchev–Trinajstić information content (AvgIpc) is 2.57. The number of rotatable bonds is 4. The van der Waals surface area contributed by atoms with Gasteiger partial charge in [0.15, 0.2) is 5.69 Å². The van der Waals surface area contributed by atoms with E-state index in [1.807, 2.05) is 6.07 Å². The highest BCUT2D eigenvalue weighted by Crippen LogP contribution is 2.26. The zero-order valence-electron chi connectivity index (χ0n) is 14.7. The summed E-state index contributed by atoms with van der Waals surface area (Å²) in [6.45, 7) is 4.91. The van der Waals surface area contributed by atoms with Gasteiger partial charge in [-0.15, -0.1) is 0 Å². The summed E-state index contributed by atoms with van der Waals surface area (Å²) in [7, 11) is 0. The Labute approximate surface area is 150 Å². The lowest BCUT2D eigenvalue weighted by atomic mass is 9.96. The van der Waals surface area contributed by atoms with Crippen LogP contribution in [0.2, 0.25) is 0 Å². The van der Waals surface area contributed by atoms with Crippen molar-refractivity contribution >= 4 is 0 Å². The largest absolute Gasteiger partial charge is 0.435 e. The van der Waals surface area contributed by atoms with Gasteiger partial charge in [0.25, 0.3) is 5.56 Å². The molecule has 0 saturated carbocycles. The molecule has 1 aliphatic rings. The Balaban J connectivity index is 1.58. The van der Waals surface area contributed by atoms with E-state index >= 15 is 0 Å². The summed E-state index contributed by atoms with van der Waals surface area (Å²) in [6.07, 6.45) is -2.85. The minimum Gasteiger partial charge on any atom is -0.299 e. The van der Waals surface area contributed by atoms with Crippen molar-refractivity contribution in [2.75, 3.05) is 13.1 Å². The second-order valence-electron chi connectivity index (χ2n) is 6.95. The Morgan fingerprint density at radius 3 is 2.54 bits per heavy atom. The summed E-state index contributed by atoms with van der Waals surface area (Å²) >= 11 is 0. The second-order valence-corrected chi connectivity index (χ2v) is 6.95. The number of benzene rings is 1. The molecule has 0 amide bonds. The number of hydrogen-bond acceptors (Lipinski definition) is 3. The lowest BCUT2D eigenvalue weighted by molar-refractivity contribution is -0.142. The Morgan fingerprint density at radius 2 is 1.88 bits per heavy atom. The van der Waals surface area contributed by atoms with Crippen molar-refractivity contribution in [3.63, 3.8) is 0 Å². The minimum atomic E-state index is -4.54. The molecule has 1 fully saturated rings. The van der Waals surface area contributed by atoms with Crippen LogP contribution in [0.15, 0.2) is 41.2 Å². The van der Waals surface area contributed by atoms with Crippen LogP contribution in [0.1, 0.15) is 29.7 Å². The highest BCUT2D eigenvalue weighted by molar-refractivity contribution is 5.22. The molecule has 1 aromatic carbocycles. The molecular formula is C19H22F3N3O. The standard InChI is InChI=1S/C19H22F3N3O/c1-14-3-2-4-16(11-14)12-24-9-7-15(8-10-24)13-25-18(26)6-5-17(23-25)19(20,21)22/h2-6,11,15H,7-10,12-13H2,1H3. The predicted octanol–water partition coefficient (Wildman–Crippen LogP) is 3.48. The summed E-state index contributed by atoms with van der Waals surface area (Å²) in [6, 6.07) is 10.1. The summed E-state index contributed by atoms with van der Waals surface area (Å²) in [5.74, 6) is 0.164. The van der Waals surface area contributed by atoms with E-state index < -0.39 is 17.4 Å². The van der Waals surface area contributed by atoms with Gasteiger partial charge in [0, 0.05) is 19.2 Å². The number of piperidine rings is 1. The van der Waals surface area contributed by atoms with Crippen LogP contribution >= 0.6 is 0 Å². The summed E-state index contributed by atoms with van der Waals surface area (Å²) in [5, 5.41) is 3.50. The van der Waals surface area contributed by atoms with Crippen molar-refractivity contribution in [2.24, 2.45) is 5.92 Å². The first kappa shape index (κ1) is 18.6. The van der Waals surface area contributed by atoms with E-state index in [0.717, 1.165) is 49.3 Å². The number of aromatic nitrogens is 2. The van der Waals surface area contributed by atoms with Crippen LogP contribution in [0.25, 0.3) is 0 Å². The maximum absolute atomic E-state index is 12.8. The Hall–Kier alpha value is -2.15. The molecule has 0 aliphatic carbocycles. The molecule has 2 heterocycles. The third kappa shape index (κ3) is 4.72. The van der Waals surface area contributed by atoms with Crippen LogP contribution in [0.3, 0.4) is 0 Å². The van der Waals surface area contributed by atoms with Crippen LogP contribution in [-0.4, -0.2) is 27.8 Å². The van der Waals surface area contributed by atoms with Crippen LogP contribution in [0.5, 0.6) is 0 Å². The second kappa shape index (κ2) is 7.61. The first-order valence-corrected chi connectivity index (χ1v) is 8.74. The zero-order valence-corrected chi connectivity index (χ0v) is 14.7. The maximum Gasteiger partial charge on any atom is 0.435 e. The smallest absolute Gasteiger partial charge is 0.299 e. The Kier molecular flexibility index (Phi) is 5.46. The molecule has 1 aliphatic heterocycles. The maximum atomic E-state index is 12.8. The third-order valence-electron chi connectivity index (χ3n) is 4.78. The molecule has 0 bridgehead atoms. The Bertz CT molecular complexity index is 808. The first-order chi connectivity index (χ1) is 12.3. The topological polar surface area (TPSA) is 38.1 Å². The number of likely N-dealkylation sites (tertiary alicyclic amines) is 1. The fourth-order valence-corrected chi connectivity index (χ4v) is 3.37. The van der Waals surface area contributed by atoms with Crippen molar-refractivity contribution in [3.05, 3.63) is 63.6 Å². The third-order valence-corrected chi connectivity index (χ3v) is 4.78.